The van der Waals surface area contributed by atoms with Crippen LogP contribution in [0.25, 0.3) is 16.6 Å². The fourth-order valence-corrected chi connectivity index (χ4v) is 3.89. The molecule has 4 aromatic rings. The number of carbonyl (C=O) groups is 1. The van der Waals surface area contributed by atoms with Gasteiger partial charge in [-0.05, 0) is 36.4 Å². The lowest BCUT2D eigenvalue weighted by atomic mass is 10.1. The molecule has 0 unspecified atom stereocenters. The van der Waals surface area contributed by atoms with Crippen molar-refractivity contribution in [2.45, 2.75) is 18.9 Å². The largest absolute Gasteiger partial charge is 0.490 e. The minimum Gasteiger partial charge on any atom is -0.490 e. The Morgan fingerprint density at radius 1 is 1.10 bits per heavy atom. The first kappa shape index (κ1) is 18.4. The van der Waals surface area contributed by atoms with Gasteiger partial charge in [0, 0.05) is 25.9 Å². The summed E-state index contributed by atoms with van der Waals surface area (Å²) in [4.78, 5) is 30.0. The average Bonchev–Trinajstić information content (AvgIpc) is 3.19. The van der Waals surface area contributed by atoms with Crippen LogP contribution in [0.4, 0.5) is 4.39 Å². The van der Waals surface area contributed by atoms with E-state index in [1.54, 1.807) is 39.7 Å². The van der Waals surface area contributed by atoms with Gasteiger partial charge in [-0.25, -0.2) is 8.91 Å². The summed E-state index contributed by atoms with van der Waals surface area (Å²) < 4.78 is 20.5. The quantitative estimate of drug-likeness (QED) is 0.567. The van der Waals surface area contributed by atoms with Crippen molar-refractivity contribution >= 4 is 22.5 Å². The maximum atomic E-state index is 13.1. The summed E-state index contributed by atoms with van der Waals surface area (Å²) in [6, 6.07) is 13.1. The number of para-hydroxylation sites is 1. The highest BCUT2D eigenvalue weighted by atomic mass is 19.1. The van der Waals surface area contributed by atoms with Crippen LogP contribution in [0.2, 0.25) is 0 Å². The first-order valence-electron chi connectivity index (χ1n) is 9.80. The minimum atomic E-state index is -0.304. The summed E-state index contributed by atoms with van der Waals surface area (Å²) >= 11 is 0. The van der Waals surface area contributed by atoms with E-state index in [0.29, 0.717) is 53.8 Å². The number of amides is 1. The molecule has 1 aliphatic rings. The highest BCUT2D eigenvalue weighted by molar-refractivity contribution is 6.00. The molecule has 152 valence electrons. The van der Waals surface area contributed by atoms with Crippen LogP contribution in [-0.4, -0.2) is 44.6 Å². The summed E-state index contributed by atoms with van der Waals surface area (Å²) in [6.45, 7) is 1.06. The number of aromatic nitrogens is 3. The van der Waals surface area contributed by atoms with Crippen molar-refractivity contribution in [1.82, 2.24) is 19.5 Å². The van der Waals surface area contributed by atoms with Crippen LogP contribution in [0.1, 0.15) is 23.2 Å². The van der Waals surface area contributed by atoms with Crippen LogP contribution in [0.5, 0.6) is 5.75 Å². The third-order valence-electron chi connectivity index (χ3n) is 5.45. The number of benzene rings is 2. The zero-order chi connectivity index (χ0) is 20.7. The lowest BCUT2D eigenvalue weighted by Gasteiger charge is -2.32. The molecule has 1 aliphatic heterocycles. The van der Waals surface area contributed by atoms with Gasteiger partial charge in [-0.15, -0.1) is 0 Å². The molecule has 0 radical (unpaired) electrons. The van der Waals surface area contributed by atoms with E-state index in [1.165, 1.54) is 18.3 Å². The highest BCUT2D eigenvalue weighted by Gasteiger charge is 2.27. The van der Waals surface area contributed by atoms with Crippen LogP contribution in [0, 0.1) is 5.82 Å². The number of rotatable bonds is 3. The second kappa shape index (κ2) is 7.29. The summed E-state index contributed by atoms with van der Waals surface area (Å²) in [5.41, 5.74) is 1.17. The second-order valence-electron chi connectivity index (χ2n) is 7.35. The number of hydrogen-bond acceptors (Lipinski definition) is 4. The third kappa shape index (κ3) is 3.20. The Kier molecular flexibility index (Phi) is 4.46. The normalized spacial score (nSPS) is 15.0. The van der Waals surface area contributed by atoms with Gasteiger partial charge in [0.05, 0.1) is 17.1 Å². The number of halogens is 1. The number of carbonyl (C=O) groups excluding carboxylic acids is 1. The molecular weight excluding hydrogens is 387 g/mol. The molecule has 0 aliphatic carbocycles. The molecular formula is C22H19FN4O3. The maximum Gasteiger partial charge on any atom is 0.259 e. The number of fused-ring (bicyclic) bond motifs is 3. The van der Waals surface area contributed by atoms with Crippen LogP contribution in [-0.2, 0) is 0 Å². The molecule has 1 fully saturated rings. The molecule has 30 heavy (non-hydrogen) atoms. The van der Waals surface area contributed by atoms with Crippen molar-refractivity contribution in [1.29, 1.82) is 0 Å². The minimum absolute atomic E-state index is 0.0350. The molecule has 7 nitrogen and oxygen atoms in total. The van der Waals surface area contributed by atoms with E-state index in [2.05, 4.69) is 10.1 Å². The lowest BCUT2D eigenvalue weighted by Crippen LogP contribution is -2.41. The van der Waals surface area contributed by atoms with Crippen LogP contribution < -0.4 is 10.3 Å². The number of nitrogens with zero attached hydrogens (tertiary/aromatic N) is 3. The van der Waals surface area contributed by atoms with Gasteiger partial charge < -0.3 is 14.6 Å². The fraction of sp³-hybridized carbons (Fsp3) is 0.227. The molecule has 5 rings (SSSR count). The summed E-state index contributed by atoms with van der Waals surface area (Å²) in [6.07, 6.45) is 2.80. The van der Waals surface area contributed by atoms with Crippen molar-refractivity contribution in [2.75, 3.05) is 13.1 Å². The molecule has 0 atom stereocenters. The summed E-state index contributed by atoms with van der Waals surface area (Å²) in [5.74, 6) is 0.145. The van der Waals surface area contributed by atoms with Crippen LogP contribution in [0.15, 0.2) is 59.5 Å². The van der Waals surface area contributed by atoms with E-state index in [4.69, 9.17) is 4.74 Å². The molecule has 2 aromatic carbocycles. The lowest BCUT2D eigenvalue weighted by molar-refractivity contribution is 0.0597. The molecule has 1 amide bonds. The van der Waals surface area contributed by atoms with Gasteiger partial charge in [0.1, 0.15) is 28.9 Å². The smallest absolute Gasteiger partial charge is 0.259 e. The zero-order valence-electron chi connectivity index (χ0n) is 16.0. The van der Waals surface area contributed by atoms with E-state index in [-0.39, 0.29) is 23.4 Å². The molecule has 0 bridgehead atoms. The Morgan fingerprint density at radius 3 is 2.60 bits per heavy atom. The van der Waals surface area contributed by atoms with Crippen LogP contribution >= 0.6 is 0 Å². The standard InChI is InChI=1S/C22H19FN4O3/c23-14-5-7-15(8-6-14)30-16-9-11-26(12-10-16)22(29)18-13-24-27-19-4-2-1-3-17(19)21(28)25-20(18)27/h1-8,13,16H,9-12H2,(H,25,28). The molecule has 1 saturated heterocycles. The average molecular weight is 406 g/mol. The Bertz CT molecular complexity index is 1290. The van der Waals surface area contributed by atoms with Gasteiger partial charge in [0.2, 0.25) is 0 Å². The molecule has 3 heterocycles. The van der Waals surface area contributed by atoms with Gasteiger partial charge in [0.25, 0.3) is 11.5 Å². The number of piperidine rings is 1. The molecule has 0 spiro atoms. The Morgan fingerprint density at radius 2 is 1.83 bits per heavy atom. The van der Waals surface area contributed by atoms with Gasteiger partial charge >= 0.3 is 0 Å². The number of ether oxygens (including phenoxy) is 1. The first-order valence-corrected chi connectivity index (χ1v) is 9.80. The number of aromatic amines is 1. The van der Waals surface area contributed by atoms with Gasteiger partial charge in [-0.3, -0.25) is 9.59 Å². The Labute approximate surface area is 170 Å². The maximum absolute atomic E-state index is 13.1. The monoisotopic (exact) mass is 406 g/mol. The van der Waals surface area contributed by atoms with Gasteiger partial charge in [-0.1, -0.05) is 12.1 Å². The van der Waals surface area contributed by atoms with Crippen LogP contribution in [0.3, 0.4) is 0 Å². The van der Waals surface area contributed by atoms with E-state index in [0.717, 1.165) is 0 Å². The second-order valence-corrected chi connectivity index (χ2v) is 7.35. The Hall–Kier alpha value is -3.68. The highest BCUT2D eigenvalue weighted by Crippen LogP contribution is 2.22. The van der Waals surface area contributed by atoms with Crippen molar-refractivity contribution in [2.24, 2.45) is 0 Å². The number of H-pyrrole nitrogens is 1. The van der Waals surface area contributed by atoms with Crippen molar-refractivity contribution < 1.29 is 13.9 Å². The van der Waals surface area contributed by atoms with E-state index in [1.807, 2.05) is 6.07 Å². The summed E-state index contributed by atoms with van der Waals surface area (Å²) in [5, 5.41) is 4.84. The van der Waals surface area contributed by atoms with Gasteiger partial charge in [-0.2, -0.15) is 5.10 Å². The summed E-state index contributed by atoms with van der Waals surface area (Å²) in [7, 11) is 0. The third-order valence-corrected chi connectivity index (χ3v) is 5.45. The SMILES string of the molecule is O=C(c1cnn2c1[nH]c(=O)c1ccccc12)N1CCC(Oc2ccc(F)cc2)CC1. The van der Waals surface area contributed by atoms with Crippen molar-refractivity contribution in [3.8, 4) is 5.75 Å². The van der Waals surface area contributed by atoms with E-state index >= 15 is 0 Å². The van der Waals surface area contributed by atoms with Gasteiger partial charge in [0.15, 0.2) is 0 Å². The molecule has 8 heteroatoms. The Balaban J connectivity index is 1.34. The zero-order valence-corrected chi connectivity index (χ0v) is 16.0. The first-order chi connectivity index (χ1) is 14.6. The number of hydrogen-bond donors (Lipinski definition) is 1. The number of likely N-dealkylation sites (tertiary alicyclic amines) is 1. The van der Waals surface area contributed by atoms with E-state index in [9.17, 15) is 14.0 Å². The molecule has 0 saturated carbocycles. The predicted octanol–water partition coefficient (Wildman–Crippen LogP) is 3.00. The van der Waals surface area contributed by atoms with Crippen molar-refractivity contribution in [3.05, 3.63) is 76.5 Å². The molecule has 2 aromatic heterocycles. The fourth-order valence-electron chi connectivity index (χ4n) is 3.89. The number of nitrogens with one attached hydrogen (secondary N) is 1. The van der Waals surface area contributed by atoms with Crippen molar-refractivity contribution in [3.63, 3.8) is 0 Å². The van der Waals surface area contributed by atoms with E-state index < -0.39 is 0 Å². The molecule has 1 N–H and O–H groups in total. The predicted molar refractivity (Wildman–Crippen MR) is 109 cm³/mol. The topological polar surface area (TPSA) is 79.7 Å².